The Morgan fingerprint density at radius 1 is 0.895 bits per heavy atom. The van der Waals surface area contributed by atoms with E-state index in [1.165, 1.54) is 44.9 Å². The van der Waals surface area contributed by atoms with E-state index in [0.717, 1.165) is 30.6 Å². The van der Waals surface area contributed by atoms with E-state index in [1.807, 2.05) is 6.92 Å². The van der Waals surface area contributed by atoms with Crippen molar-refractivity contribution < 1.29 is 9.53 Å². The highest BCUT2D eigenvalue weighted by molar-refractivity contribution is 5.72. The van der Waals surface area contributed by atoms with Crippen molar-refractivity contribution in [2.24, 2.45) is 23.7 Å². The molecule has 0 aromatic carbocycles. The minimum absolute atomic E-state index is 0.0515. The molecule has 0 aromatic rings. The molecule has 0 spiro atoms. The number of carbonyl (C=O) groups is 1. The number of rotatable bonds is 4. The Kier molecular flexibility index (Phi) is 5.72. The van der Waals surface area contributed by atoms with E-state index in [2.05, 4.69) is 6.92 Å². The minimum Gasteiger partial charge on any atom is -0.466 e. The summed E-state index contributed by atoms with van der Waals surface area (Å²) in [5, 5.41) is 0. The average Bonchev–Trinajstić information content (AvgIpc) is 2.48. The van der Waals surface area contributed by atoms with E-state index in [4.69, 9.17) is 4.74 Å². The fourth-order valence-corrected chi connectivity index (χ4v) is 4.15. The quantitative estimate of drug-likeness (QED) is 0.697. The van der Waals surface area contributed by atoms with Gasteiger partial charge in [-0.15, -0.1) is 0 Å². The molecule has 0 unspecified atom stereocenters. The molecule has 0 amide bonds. The molecule has 110 valence electrons. The Labute approximate surface area is 118 Å². The molecule has 2 saturated carbocycles. The van der Waals surface area contributed by atoms with Crippen LogP contribution in [-0.4, -0.2) is 12.6 Å². The molecule has 0 bridgehead atoms. The molecule has 0 saturated heterocycles. The van der Waals surface area contributed by atoms with Gasteiger partial charge in [0, 0.05) is 0 Å². The maximum atomic E-state index is 11.7. The Hall–Kier alpha value is -0.530. The van der Waals surface area contributed by atoms with Crippen LogP contribution in [0.3, 0.4) is 0 Å². The predicted molar refractivity (Wildman–Crippen MR) is 77.8 cm³/mol. The van der Waals surface area contributed by atoms with Gasteiger partial charge in [0.2, 0.25) is 0 Å². The maximum Gasteiger partial charge on any atom is 0.308 e. The number of hydrogen-bond acceptors (Lipinski definition) is 2. The van der Waals surface area contributed by atoms with Crippen molar-refractivity contribution >= 4 is 5.97 Å². The van der Waals surface area contributed by atoms with Crippen LogP contribution >= 0.6 is 0 Å². The lowest BCUT2D eigenvalue weighted by Gasteiger charge is -2.37. The Balaban J connectivity index is 1.73. The van der Waals surface area contributed by atoms with Gasteiger partial charge in [0.25, 0.3) is 0 Å². The molecule has 0 heterocycles. The van der Waals surface area contributed by atoms with Gasteiger partial charge in [-0.25, -0.2) is 0 Å². The van der Waals surface area contributed by atoms with Gasteiger partial charge < -0.3 is 4.74 Å². The SMILES string of the molecule is CCOC(=O)C1CCC(C2CCC(CC)CC2)CC1. The highest BCUT2D eigenvalue weighted by atomic mass is 16.5. The molecule has 2 aliphatic rings. The molecule has 2 nitrogen and oxygen atoms in total. The van der Waals surface area contributed by atoms with Crippen molar-refractivity contribution in [1.29, 1.82) is 0 Å². The topological polar surface area (TPSA) is 26.3 Å². The van der Waals surface area contributed by atoms with E-state index >= 15 is 0 Å². The lowest BCUT2D eigenvalue weighted by molar-refractivity contribution is -0.149. The van der Waals surface area contributed by atoms with E-state index in [-0.39, 0.29) is 11.9 Å². The number of hydrogen-bond donors (Lipinski definition) is 0. The van der Waals surface area contributed by atoms with E-state index in [1.54, 1.807) is 0 Å². The second kappa shape index (κ2) is 7.31. The molecule has 2 rings (SSSR count). The van der Waals surface area contributed by atoms with Crippen LogP contribution in [-0.2, 0) is 9.53 Å². The second-order valence-electron chi connectivity index (χ2n) is 6.55. The zero-order valence-electron chi connectivity index (χ0n) is 12.7. The standard InChI is InChI=1S/C17H30O2/c1-3-13-5-7-14(8-6-13)15-9-11-16(12-10-15)17(18)19-4-2/h13-16H,3-12H2,1-2H3. The molecule has 19 heavy (non-hydrogen) atoms. The van der Waals surface area contributed by atoms with Crippen LogP contribution < -0.4 is 0 Å². The number of esters is 1. The molecular weight excluding hydrogens is 236 g/mol. The molecule has 0 atom stereocenters. The van der Waals surface area contributed by atoms with Gasteiger partial charge in [0.15, 0.2) is 0 Å². The maximum absolute atomic E-state index is 11.7. The minimum atomic E-state index is 0.0515. The summed E-state index contributed by atoms with van der Waals surface area (Å²) in [5.41, 5.74) is 0. The summed E-state index contributed by atoms with van der Waals surface area (Å²) in [5.74, 6) is 3.08. The summed E-state index contributed by atoms with van der Waals surface area (Å²) in [6, 6.07) is 0. The first-order valence-electron chi connectivity index (χ1n) is 8.41. The summed E-state index contributed by atoms with van der Waals surface area (Å²) in [6.45, 7) is 4.76. The van der Waals surface area contributed by atoms with E-state index in [0.29, 0.717) is 6.61 Å². The van der Waals surface area contributed by atoms with Crippen molar-refractivity contribution in [1.82, 2.24) is 0 Å². The van der Waals surface area contributed by atoms with Crippen LogP contribution in [0.4, 0.5) is 0 Å². The second-order valence-corrected chi connectivity index (χ2v) is 6.55. The molecule has 2 aliphatic carbocycles. The Bertz CT molecular complexity index is 271. The van der Waals surface area contributed by atoms with Gasteiger partial charge in [0.05, 0.1) is 12.5 Å². The van der Waals surface area contributed by atoms with Crippen LogP contribution in [0.5, 0.6) is 0 Å². The summed E-state index contributed by atoms with van der Waals surface area (Å²) in [7, 11) is 0. The predicted octanol–water partition coefficient (Wildman–Crippen LogP) is 4.57. The van der Waals surface area contributed by atoms with Crippen molar-refractivity contribution in [3.63, 3.8) is 0 Å². The smallest absolute Gasteiger partial charge is 0.308 e. The Morgan fingerprint density at radius 2 is 1.42 bits per heavy atom. The van der Waals surface area contributed by atoms with Crippen LogP contribution in [0.15, 0.2) is 0 Å². The average molecular weight is 266 g/mol. The Morgan fingerprint density at radius 3 is 1.89 bits per heavy atom. The highest BCUT2D eigenvalue weighted by Crippen LogP contribution is 2.42. The van der Waals surface area contributed by atoms with Crippen LogP contribution in [0, 0.1) is 23.7 Å². The molecule has 2 heteroatoms. The summed E-state index contributed by atoms with van der Waals surface area (Å²) >= 11 is 0. The largest absolute Gasteiger partial charge is 0.466 e. The van der Waals surface area contributed by atoms with Crippen molar-refractivity contribution in [2.75, 3.05) is 6.61 Å². The van der Waals surface area contributed by atoms with Gasteiger partial charge in [-0.05, 0) is 63.2 Å². The summed E-state index contributed by atoms with van der Waals surface area (Å²) in [6.07, 6.45) is 11.8. The summed E-state index contributed by atoms with van der Waals surface area (Å²) < 4.78 is 5.15. The van der Waals surface area contributed by atoms with Crippen molar-refractivity contribution in [3.05, 3.63) is 0 Å². The third-order valence-electron chi connectivity index (χ3n) is 5.53. The lowest BCUT2D eigenvalue weighted by atomic mass is 9.69. The molecule has 2 fully saturated rings. The summed E-state index contributed by atoms with van der Waals surface area (Å²) in [4.78, 5) is 11.7. The fourth-order valence-electron chi connectivity index (χ4n) is 4.15. The molecular formula is C17H30O2. The fraction of sp³-hybridized carbons (Fsp3) is 0.941. The van der Waals surface area contributed by atoms with Crippen LogP contribution in [0.25, 0.3) is 0 Å². The normalized spacial score (nSPS) is 35.9. The molecule has 0 aromatic heterocycles. The monoisotopic (exact) mass is 266 g/mol. The van der Waals surface area contributed by atoms with E-state index in [9.17, 15) is 4.79 Å². The van der Waals surface area contributed by atoms with Gasteiger partial charge in [-0.3, -0.25) is 4.79 Å². The van der Waals surface area contributed by atoms with Gasteiger partial charge >= 0.3 is 5.97 Å². The van der Waals surface area contributed by atoms with Crippen molar-refractivity contribution in [2.45, 2.75) is 71.6 Å². The van der Waals surface area contributed by atoms with Crippen LogP contribution in [0.1, 0.15) is 71.6 Å². The first-order chi connectivity index (χ1) is 9.24. The van der Waals surface area contributed by atoms with E-state index < -0.39 is 0 Å². The first-order valence-corrected chi connectivity index (χ1v) is 8.41. The third-order valence-corrected chi connectivity index (χ3v) is 5.53. The van der Waals surface area contributed by atoms with Crippen molar-refractivity contribution in [3.8, 4) is 0 Å². The van der Waals surface area contributed by atoms with Gasteiger partial charge in [-0.2, -0.15) is 0 Å². The van der Waals surface area contributed by atoms with Gasteiger partial charge in [-0.1, -0.05) is 26.2 Å². The first kappa shape index (κ1) is 14.9. The molecule has 0 N–H and O–H groups in total. The van der Waals surface area contributed by atoms with Crippen LogP contribution in [0.2, 0.25) is 0 Å². The number of ether oxygens (including phenoxy) is 1. The van der Waals surface area contributed by atoms with Gasteiger partial charge in [0.1, 0.15) is 0 Å². The lowest BCUT2D eigenvalue weighted by Crippen LogP contribution is -2.29. The zero-order valence-corrected chi connectivity index (χ0v) is 12.7. The zero-order chi connectivity index (χ0) is 13.7. The number of carbonyl (C=O) groups excluding carboxylic acids is 1. The third kappa shape index (κ3) is 3.97. The highest BCUT2D eigenvalue weighted by Gasteiger charge is 2.32. The molecule has 0 radical (unpaired) electrons. The molecule has 0 aliphatic heterocycles.